The van der Waals surface area contributed by atoms with Gasteiger partial charge in [0.2, 0.25) is 0 Å². The van der Waals surface area contributed by atoms with E-state index in [0.717, 1.165) is 18.2 Å². The van der Waals surface area contributed by atoms with E-state index in [1.165, 1.54) is 0 Å². The van der Waals surface area contributed by atoms with Crippen molar-refractivity contribution < 1.29 is 4.79 Å². The zero-order valence-corrected chi connectivity index (χ0v) is 13.0. The number of amides is 1. The van der Waals surface area contributed by atoms with Gasteiger partial charge < -0.3 is 4.90 Å². The van der Waals surface area contributed by atoms with Gasteiger partial charge in [-0.3, -0.25) is 4.79 Å². The van der Waals surface area contributed by atoms with Crippen LogP contribution in [0.3, 0.4) is 0 Å². The predicted molar refractivity (Wildman–Crippen MR) is 80.4 cm³/mol. The quantitative estimate of drug-likeness (QED) is 0.751. The largest absolute Gasteiger partial charge is 0.335 e. The Morgan fingerprint density at radius 3 is 2.32 bits per heavy atom. The molecule has 0 aromatic heterocycles. The molecule has 0 aliphatic heterocycles. The van der Waals surface area contributed by atoms with Crippen LogP contribution in [0.4, 0.5) is 0 Å². The van der Waals surface area contributed by atoms with Crippen molar-refractivity contribution in [3.8, 4) is 6.07 Å². The van der Waals surface area contributed by atoms with E-state index in [2.05, 4.69) is 35.8 Å². The molecule has 0 radical (unpaired) electrons. The summed E-state index contributed by atoms with van der Waals surface area (Å²) in [7, 11) is 0. The van der Waals surface area contributed by atoms with Crippen molar-refractivity contribution in [2.45, 2.75) is 32.7 Å². The third-order valence-corrected chi connectivity index (χ3v) is 3.59. The van der Waals surface area contributed by atoms with Gasteiger partial charge in [-0.25, -0.2) is 0 Å². The summed E-state index contributed by atoms with van der Waals surface area (Å²) in [5.74, 6) is 0.0395. The number of nitrogens with zero attached hydrogens (tertiary/aromatic N) is 2. The van der Waals surface area contributed by atoms with Gasteiger partial charge in [0.15, 0.2) is 0 Å². The molecule has 0 heterocycles. The van der Waals surface area contributed by atoms with Gasteiger partial charge in [-0.2, -0.15) is 5.26 Å². The van der Waals surface area contributed by atoms with Gasteiger partial charge in [0.05, 0.1) is 11.6 Å². The van der Waals surface area contributed by atoms with Crippen molar-refractivity contribution in [2.24, 2.45) is 0 Å². The molecule has 3 nitrogen and oxygen atoms in total. The fourth-order valence-corrected chi connectivity index (χ4v) is 2.51. The molecule has 1 amide bonds. The third kappa shape index (κ3) is 4.07. The van der Waals surface area contributed by atoms with Crippen LogP contribution in [0.15, 0.2) is 24.3 Å². The van der Waals surface area contributed by atoms with Crippen LogP contribution < -0.4 is 0 Å². The molecule has 1 aromatic carbocycles. The number of halogens is 1. The van der Waals surface area contributed by atoms with E-state index < -0.39 is 0 Å². The van der Waals surface area contributed by atoms with Gasteiger partial charge in [0.1, 0.15) is 0 Å². The molecule has 0 N–H and O–H groups in total. The first-order valence-corrected chi connectivity index (χ1v) is 7.67. The van der Waals surface area contributed by atoms with Gasteiger partial charge >= 0.3 is 0 Å². The fraction of sp³-hybridized carbons (Fsp3) is 0.467. The zero-order valence-electron chi connectivity index (χ0n) is 11.4. The first-order valence-electron chi connectivity index (χ1n) is 6.55. The molecule has 0 saturated heterocycles. The highest BCUT2D eigenvalue weighted by atomic mass is 79.9. The molecule has 0 unspecified atom stereocenters. The lowest BCUT2D eigenvalue weighted by Crippen LogP contribution is -2.41. The van der Waals surface area contributed by atoms with Crippen LogP contribution in [0.2, 0.25) is 0 Å². The maximum Gasteiger partial charge on any atom is 0.254 e. The Bertz CT molecular complexity index is 446. The molecule has 0 spiro atoms. The predicted octanol–water partition coefficient (Wildman–Crippen LogP) is 3.58. The monoisotopic (exact) mass is 322 g/mol. The number of alkyl halides is 1. The number of hydrogen-bond donors (Lipinski definition) is 0. The van der Waals surface area contributed by atoms with Gasteiger partial charge in [0.25, 0.3) is 5.91 Å². The SMILES string of the molecule is CCC(CC)N(CCBr)C(=O)c1ccc(C#N)cc1. The van der Waals surface area contributed by atoms with Gasteiger partial charge in [-0.05, 0) is 37.1 Å². The molecule has 0 aliphatic rings. The molecule has 1 aromatic rings. The average Bonchev–Trinajstić information content (AvgIpc) is 2.47. The summed E-state index contributed by atoms with van der Waals surface area (Å²) in [6.45, 7) is 4.90. The highest BCUT2D eigenvalue weighted by Crippen LogP contribution is 2.14. The maximum absolute atomic E-state index is 12.5. The molecule has 102 valence electrons. The molecule has 19 heavy (non-hydrogen) atoms. The lowest BCUT2D eigenvalue weighted by molar-refractivity contribution is 0.0683. The minimum absolute atomic E-state index is 0.0395. The number of benzene rings is 1. The van der Waals surface area contributed by atoms with Crippen LogP contribution >= 0.6 is 15.9 Å². The van der Waals surface area contributed by atoms with E-state index in [9.17, 15) is 4.79 Å². The molecular weight excluding hydrogens is 304 g/mol. The average molecular weight is 323 g/mol. The Hall–Kier alpha value is -1.34. The number of hydrogen-bond acceptors (Lipinski definition) is 2. The van der Waals surface area contributed by atoms with E-state index in [-0.39, 0.29) is 11.9 Å². The third-order valence-electron chi connectivity index (χ3n) is 3.23. The molecule has 0 aliphatic carbocycles. The summed E-state index contributed by atoms with van der Waals surface area (Å²) in [4.78, 5) is 14.4. The molecule has 0 bridgehead atoms. The van der Waals surface area contributed by atoms with E-state index in [4.69, 9.17) is 5.26 Å². The highest BCUT2D eigenvalue weighted by Gasteiger charge is 2.21. The summed E-state index contributed by atoms with van der Waals surface area (Å²) in [5.41, 5.74) is 1.22. The van der Waals surface area contributed by atoms with Crippen LogP contribution in [0.25, 0.3) is 0 Å². The second kappa shape index (κ2) is 7.96. The van der Waals surface area contributed by atoms with Crippen molar-refractivity contribution in [1.82, 2.24) is 4.90 Å². The van der Waals surface area contributed by atoms with E-state index in [1.54, 1.807) is 24.3 Å². The Labute approximate surface area is 123 Å². The first kappa shape index (κ1) is 15.7. The summed E-state index contributed by atoms with van der Waals surface area (Å²) in [5, 5.41) is 9.54. The second-order valence-electron chi connectivity index (χ2n) is 4.35. The van der Waals surface area contributed by atoms with Crippen LogP contribution in [-0.4, -0.2) is 28.7 Å². The lowest BCUT2D eigenvalue weighted by Gasteiger charge is -2.30. The Balaban J connectivity index is 2.95. The number of carbonyl (C=O) groups is 1. The molecule has 0 fully saturated rings. The fourth-order valence-electron chi connectivity index (χ4n) is 2.12. The molecule has 0 atom stereocenters. The smallest absolute Gasteiger partial charge is 0.254 e. The van der Waals surface area contributed by atoms with Crippen LogP contribution in [0.1, 0.15) is 42.6 Å². The Kier molecular flexibility index (Phi) is 6.58. The molecule has 0 saturated carbocycles. The zero-order chi connectivity index (χ0) is 14.3. The van der Waals surface area contributed by atoms with Crippen molar-refractivity contribution in [3.63, 3.8) is 0 Å². The van der Waals surface area contributed by atoms with Crippen molar-refractivity contribution in [2.75, 3.05) is 11.9 Å². The first-order chi connectivity index (χ1) is 9.17. The highest BCUT2D eigenvalue weighted by molar-refractivity contribution is 9.09. The molecule has 4 heteroatoms. The van der Waals surface area contributed by atoms with Crippen LogP contribution in [-0.2, 0) is 0 Å². The van der Waals surface area contributed by atoms with E-state index in [1.807, 2.05) is 4.90 Å². The molecule has 1 rings (SSSR count). The second-order valence-corrected chi connectivity index (χ2v) is 5.14. The van der Waals surface area contributed by atoms with Crippen LogP contribution in [0.5, 0.6) is 0 Å². The van der Waals surface area contributed by atoms with E-state index >= 15 is 0 Å². The topological polar surface area (TPSA) is 44.1 Å². The van der Waals surface area contributed by atoms with Crippen molar-refractivity contribution >= 4 is 21.8 Å². The van der Waals surface area contributed by atoms with Crippen molar-refractivity contribution in [3.05, 3.63) is 35.4 Å². The standard InChI is InChI=1S/C15H19BrN2O/c1-3-14(4-2)18(10-9-16)15(19)13-7-5-12(11-17)6-8-13/h5-8,14H,3-4,9-10H2,1-2H3. The summed E-state index contributed by atoms with van der Waals surface area (Å²) in [6.07, 6.45) is 1.90. The van der Waals surface area contributed by atoms with E-state index in [0.29, 0.717) is 17.7 Å². The van der Waals surface area contributed by atoms with Crippen molar-refractivity contribution in [1.29, 1.82) is 5.26 Å². The summed E-state index contributed by atoms with van der Waals surface area (Å²) < 4.78 is 0. The minimum Gasteiger partial charge on any atom is -0.335 e. The van der Waals surface area contributed by atoms with Crippen LogP contribution in [0, 0.1) is 11.3 Å². The van der Waals surface area contributed by atoms with Gasteiger partial charge in [-0.1, -0.05) is 29.8 Å². The Morgan fingerprint density at radius 1 is 1.32 bits per heavy atom. The summed E-state index contributed by atoms with van der Waals surface area (Å²) >= 11 is 3.40. The number of rotatable bonds is 6. The number of nitriles is 1. The normalized spacial score (nSPS) is 10.3. The van der Waals surface area contributed by atoms with Gasteiger partial charge in [0, 0.05) is 23.5 Å². The summed E-state index contributed by atoms with van der Waals surface area (Å²) in [6, 6.07) is 9.15. The minimum atomic E-state index is 0.0395. The maximum atomic E-state index is 12.5. The molecular formula is C15H19BrN2O. The lowest BCUT2D eigenvalue weighted by atomic mass is 10.1. The number of carbonyl (C=O) groups excluding carboxylic acids is 1. The Morgan fingerprint density at radius 2 is 1.89 bits per heavy atom. The van der Waals surface area contributed by atoms with Gasteiger partial charge in [-0.15, -0.1) is 0 Å².